The number of hydrogen-bond donors (Lipinski definition) is 2. The van der Waals surface area contributed by atoms with Gasteiger partial charge in [-0.05, 0) is 12.1 Å². The number of hydrogen-bond acceptors (Lipinski definition) is 6. The fourth-order valence-electron chi connectivity index (χ4n) is 1.41. The summed E-state index contributed by atoms with van der Waals surface area (Å²) in [5.74, 6) is 0.533. The van der Waals surface area contributed by atoms with E-state index in [1.807, 2.05) is 0 Å². The van der Waals surface area contributed by atoms with Gasteiger partial charge in [0, 0.05) is 0 Å². The number of anilines is 1. The summed E-state index contributed by atoms with van der Waals surface area (Å²) in [7, 11) is 0. The lowest BCUT2D eigenvalue weighted by Crippen LogP contribution is -2.01. The lowest BCUT2D eigenvalue weighted by Gasteiger charge is -2.07. The Bertz CT molecular complexity index is 542. The maximum atomic E-state index is 10.2. The predicted octanol–water partition coefficient (Wildman–Crippen LogP) is 0.495. The molecule has 0 atom stereocenters. The van der Waals surface area contributed by atoms with Crippen LogP contribution in [0.4, 0.5) is 5.82 Å². The quantitative estimate of drug-likeness (QED) is 0.729. The number of nitrogen functional groups attached to an aromatic ring is 1. The first-order valence-electron chi connectivity index (χ1n) is 4.54. The van der Waals surface area contributed by atoms with Crippen LogP contribution in [0.25, 0.3) is 10.9 Å². The molecule has 3 N–H and O–H groups in total. The third-order valence-corrected chi connectivity index (χ3v) is 2.01. The van der Waals surface area contributed by atoms with E-state index in [1.54, 1.807) is 18.2 Å². The van der Waals surface area contributed by atoms with E-state index >= 15 is 0 Å². The van der Waals surface area contributed by atoms with Crippen molar-refractivity contribution in [3.05, 3.63) is 18.2 Å². The van der Waals surface area contributed by atoms with Crippen LogP contribution < -0.4 is 10.5 Å². The second-order valence-corrected chi connectivity index (χ2v) is 3.04. The van der Waals surface area contributed by atoms with Crippen LogP contribution in [0.5, 0.6) is 11.8 Å². The second kappa shape index (κ2) is 4.01. The number of aldehydes is 1. The van der Waals surface area contributed by atoms with Crippen LogP contribution >= 0.6 is 0 Å². The fraction of sp³-hybridized carbons (Fsp3) is 0.100. The summed E-state index contributed by atoms with van der Waals surface area (Å²) < 4.78 is 5.18. The summed E-state index contributed by atoms with van der Waals surface area (Å²) in [6, 6.07) is 4.62. The molecule has 0 aliphatic rings. The Morgan fingerprint density at radius 3 is 3.00 bits per heavy atom. The summed E-state index contributed by atoms with van der Waals surface area (Å²) in [5, 5.41) is 9.67. The summed E-state index contributed by atoms with van der Waals surface area (Å²) in [6.07, 6.45) is 0.635. The number of ether oxygens (including phenoxy) is 1. The SMILES string of the molecule is Nc1nc(O)nc2cccc(OCC=O)c12. The average Bonchev–Trinajstić information content (AvgIpc) is 2.25. The van der Waals surface area contributed by atoms with Crippen molar-refractivity contribution in [2.75, 3.05) is 12.3 Å². The molecule has 16 heavy (non-hydrogen) atoms. The zero-order valence-electron chi connectivity index (χ0n) is 8.25. The summed E-state index contributed by atoms with van der Waals surface area (Å²) in [6.45, 7) is -0.0700. The smallest absolute Gasteiger partial charge is 0.316 e. The number of rotatable bonds is 3. The molecule has 0 saturated carbocycles. The van der Waals surface area contributed by atoms with E-state index < -0.39 is 6.01 Å². The molecule has 2 rings (SSSR count). The Morgan fingerprint density at radius 2 is 2.25 bits per heavy atom. The number of aromatic hydroxyl groups is 1. The molecule has 0 saturated heterocycles. The van der Waals surface area contributed by atoms with Gasteiger partial charge in [0.25, 0.3) is 0 Å². The highest BCUT2D eigenvalue weighted by atomic mass is 16.5. The Hall–Kier alpha value is -2.37. The molecule has 0 aliphatic carbocycles. The molecule has 0 aliphatic heterocycles. The normalized spacial score (nSPS) is 10.2. The molecule has 1 aromatic carbocycles. The minimum Gasteiger partial charge on any atom is -0.485 e. The maximum absolute atomic E-state index is 10.2. The van der Waals surface area contributed by atoms with Crippen LogP contribution in [0.3, 0.4) is 0 Å². The van der Waals surface area contributed by atoms with Crippen molar-refractivity contribution in [3.8, 4) is 11.8 Å². The first-order valence-corrected chi connectivity index (χ1v) is 4.54. The minimum atomic E-state index is -0.391. The van der Waals surface area contributed by atoms with Crippen LogP contribution in [0.1, 0.15) is 0 Å². The maximum Gasteiger partial charge on any atom is 0.316 e. The lowest BCUT2D eigenvalue weighted by molar-refractivity contribution is -0.109. The van der Waals surface area contributed by atoms with Crippen molar-refractivity contribution in [2.24, 2.45) is 0 Å². The van der Waals surface area contributed by atoms with E-state index in [1.165, 1.54) is 0 Å². The van der Waals surface area contributed by atoms with Crippen molar-refractivity contribution in [2.45, 2.75) is 0 Å². The molecule has 6 heteroatoms. The van der Waals surface area contributed by atoms with Gasteiger partial charge >= 0.3 is 6.01 Å². The number of carbonyl (C=O) groups is 1. The van der Waals surface area contributed by atoms with Crippen LogP contribution in [-0.4, -0.2) is 28.0 Å². The zero-order valence-corrected chi connectivity index (χ0v) is 8.25. The summed E-state index contributed by atoms with van der Waals surface area (Å²) in [4.78, 5) is 17.7. The molecular weight excluding hydrogens is 210 g/mol. The topological polar surface area (TPSA) is 98.3 Å². The highest BCUT2D eigenvalue weighted by Gasteiger charge is 2.09. The van der Waals surface area contributed by atoms with Gasteiger partial charge in [0.2, 0.25) is 0 Å². The van der Waals surface area contributed by atoms with E-state index in [9.17, 15) is 9.90 Å². The van der Waals surface area contributed by atoms with E-state index in [0.29, 0.717) is 22.9 Å². The fourth-order valence-corrected chi connectivity index (χ4v) is 1.41. The molecule has 2 aromatic rings. The largest absolute Gasteiger partial charge is 0.485 e. The van der Waals surface area contributed by atoms with E-state index in [-0.39, 0.29) is 12.4 Å². The average molecular weight is 219 g/mol. The van der Waals surface area contributed by atoms with Gasteiger partial charge in [-0.1, -0.05) is 6.07 Å². The second-order valence-electron chi connectivity index (χ2n) is 3.04. The molecule has 6 nitrogen and oxygen atoms in total. The van der Waals surface area contributed by atoms with Gasteiger partial charge < -0.3 is 15.6 Å². The highest BCUT2D eigenvalue weighted by Crippen LogP contribution is 2.29. The lowest BCUT2D eigenvalue weighted by atomic mass is 10.2. The van der Waals surface area contributed by atoms with Gasteiger partial charge in [-0.15, -0.1) is 0 Å². The Balaban J connectivity index is 2.61. The van der Waals surface area contributed by atoms with Gasteiger partial charge in [-0.25, -0.2) is 0 Å². The molecule has 0 bridgehead atoms. The van der Waals surface area contributed by atoms with E-state index in [2.05, 4.69) is 9.97 Å². The number of carbonyl (C=O) groups excluding carboxylic acids is 1. The van der Waals surface area contributed by atoms with Crippen molar-refractivity contribution in [1.82, 2.24) is 9.97 Å². The standard InChI is InChI=1S/C10H9N3O3/c11-9-8-6(12-10(15)13-9)2-1-3-7(8)16-5-4-14/h1-4H,5H2,(H3,11,12,13,15). The van der Waals surface area contributed by atoms with Gasteiger partial charge in [-0.3, -0.25) is 4.79 Å². The van der Waals surface area contributed by atoms with Crippen LogP contribution in [0, 0.1) is 0 Å². The van der Waals surface area contributed by atoms with Crippen molar-refractivity contribution in [3.63, 3.8) is 0 Å². The summed E-state index contributed by atoms with van der Waals surface area (Å²) in [5.41, 5.74) is 6.12. The third-order valence-electron chi connectivity index (χ3n) is 2.01. The number of fused-ring (bicyclic) bond motifs is 1. The van der Waals surface area contributed by atoms with Crippen molar-refractivity contribution < 1.29 is 14.6 Å². The van der Waals surface area contributed by atoms with Gasteiger partial charge in [0.1, 0.15) is 18.2 Å². The third kappa shape index (κ3) is 1.72. The van der Waals surface area contributed by atoms with Gasteiger partial charge in [0.15, 0.2) is 6.29 Å². The molecular formula is C10H9N3O3. The van der Waals surface area contributed by atoms with Crippen molar-refractivity contribution in [1.29, 1.82) is 0 Å². The number of aromatic nitrogens is 2. The van der Waals surface area contributed by atoms with Crippen LogP contribution in [-0.2, 0) is 4.79 Å². The molecule has 0 radical (unpaired) electrons. The Morgan fingerprint density at radius 1 is 1.44 bits per heavy atom. The predicted molar refractivity (Wildman–Crippen MR) is 57.2 cm³/mol. The highest BCUT2D eigenvalue weighted by molar-refractivity contribution is 5.93. The van der Waals surface area contributed by atoms with Crippen LogP contribution in [0.2, 0.25) is 0 Å². The first-order chi connectivity index (χ1) is 7.72. The first kappa shape index (κ1) is 10.2. The van der Waals surface area contributed by atoms with Gasteiger partial charge in [-0.2, -0.15) is 9.97 Å². The van der Waals surface area contributed by atoms with E-state index in [4.69, 9.17) is 10.5 Å². The van der Waals surface area contributed by atoms with Crippen LogP contribution in [0.15, 0.2) is 18.2 Å². The Labute approximate surface area is 90.7 Å². The zero-order chi connectivity index (χ0) is 11.5. The Kier molecular flexibility index (Phi) is 2.55. The molecule has 1 heterocycles. The van der Waals surface area contributed by atoms with Crippen molar-refractivity contribution >= 4 is 23.0 Å². The summed E-state index contributed by atoms with van der Waals surface area (Å²) >= 11 is 0. The monoisotopic (exact) mass is 219 g/mol. The molecule has 0 fully saturated rings. The molecule has 0 spiro atoms. The number of nitrogens with zero attached hydrogens (tertiary/aromatic N) is 2. The number of nitrogens with two attached hydrogens (primary N) is 1. The number of benzene rings is 1. The molecule has 0 amide bonds. The molecule has 0 unspecified atom stereocenters. The van der Waals surface area contributed by atoms with Gasteiger partial charge in [0.05, 0.1) is 10.9 Å². The minimum absolute atomic E-state index is 0.0700. The molecule has 1 aromatic heterocycles. The van der Waals surface area contributed by atoms with E-state index in [0.717, 1.165) is 0 Å². The molecule has 82 valence electrons.